The van der Waals surface area contributed by atoms with E-state index in [9.17, 15) is 29.4 Å². The van der Waals surface area contributed by atoms with E-state index in [1.807, 2.05) is 59.4 Å². The maximum atomic E-state index is 13.8. The van der Waals surface area contributed by atoms with E-state index in [2.05, 4.69) is 10.1 Å². The number of allylic oxidation sites excluding steroid dienone is 2. The average Bonchev–Trinajstić information content (AvgIpc) is 3.55. The molecule has 2 aromatic heterocycles. The summed E-state index contributed by atoms with van der Waals surface area (Å²) in [5, 5.41) is 27.4. The van der Waals surface area contributed by atoms with Gasteiger partial charge in [0.25, 0.3) is 0 Å². The molecule has 2 aliphatic heterocycles. The van der Waals surface area contributed by atoms with Crippen LogP contribution in [-0.2, 0) is 35.3 Å². The predicted molar refractivity (Wildman–Crippen MR) is 210 cm³/mol. The third-order valence-electron chi connectivity index (χ3n) is 8.98. The second kappa shape index (κ2) is 15.4. The molecular formula is C41H43N4O8S2+. The average molecular weight is 784 g/mol. The van der Waals surface area contributed by atoms with Gasteiger partial charge in [0.2, 0.25) is 11.5 Å². The minimum absolute atomic E-state index is 0.0951. The van der Waals surface area contributed by atoms with Gasteiger partial charge in [-0.25, -0.2) is 14.3 Å². The van der Waals surface area contributed by atoms with Crippen molar-refractivity contribution in [3.05, 3.63) is 99.4 Å². The zero-order chi connectivity index (χ0) is 39.8. The van der Waals surface area contributed by atoms with Gasteiger partial charge in [-0.1, -0.05) is 41.6 Å². The molecule has 2 N–H and O–H groups in total. The number of fused-ring (bicyclic) bond motifs is 2. The summed E-state index contributed by atoms with van der Waals surface area (Å²) in [5.74, 6) is -2.24. The fourth-order valence-electron chi connectivity index (χ4n) is 6.17. The van der Waals surface area contributed by atoms with Crippen LogP contribution < -0.4 is 4.57 Å². The number of aromatic hydroxyl groups is 2. The summed E-state index contributed by atoms with van der Waals surface area (Å²) in [6, 6.07) is 12.9. The van der Waals surface area contributed by atoms with E-state index in [1.54, 1.807) is 33.1 Å². The highest BCUT2D eigenvalue weighted by Gasteiger charge is 2.53. The SMILES string of the molecule is CC(=O)C1=C(/C=C/c2ccc(C[n+]3ccc4cc(O)c(O)cc4c3)cc2)CS[C@@H]2[C@H](CC(=O)/C(=N\OC(C)(C)C(=O)OC(C)(C)C)c3csc(C)n3)C(=O)N12. The first-order chi connectivity index (χ1) is 25.9. The maximum absolute atomic E-state index is 13.8. The zero-order valence-electron chi connectivity index (χ0n) is 31.7. The molecule has 2 atom stereocenters. The van der Waals surface area contributed by atoms with Crippen LogP contribution in [0.2, 0.25) is 0 Å². The van der Waals surface area contributed by atoms with Crippen molar-refractivity contribution in [3.63, 3.8) is 0 Å². The van der Waals surface area contributed by atoms with Crippen LogP contribution in [0.15, 0.2) is 82.7 Å². The highest BCUT2D eigenvalue weighted by molar-refractivity contribution is 8.00. The van der Waals surface area contributed by atoms with Crippen molar-refractivity contribution in [2.75, 3.05) is 5.75 Å². The number of nitrogens with zero attached hydrogens (tertiary/aromatic N) is 4. The molecule has 0 radical (unpaired) electrons. The van der Waals surface area contributed by atoms with Gasteiger partial charge < -0.3 is 19.8 Å². The lowest BCUT2D eigenvalue weighted by Gasteiger charge is -2.49. The van der Waals surface area contributed by atoms with E-state index >= 15 is 0 Å². The van der Waals surface area contributed by atoms with Crippen LogP contribution in [0.4, 0.5) is 0 Å². The lowest BCUT2D eigenvalue weighted by atomic mass is 9.88. The molecule has 0 spiro atoms. The normalized spacial score (nSPS) is 17.7. The first-order valence-electron chi connectivity index (χ1n) is 17.7. The number of β-lactam (4-membered cyclic amide) rings is 1. The Kier molecular flexibility index (Phi) is 11.0. The molecule has 2 aromatic carbocycles. The molecular weight excluding hydrogens is 741 g/mol. The Hall–Kier alpha value is -5.34. The van der Waals surface area contributed by atoms with E-state index < -0.39 is 34.2 Å². The second-order valence-electron chi connectivity index (χ2n) is 15.0. The number of esters is 1. The lowest BCUT2D eigenvalue weighted by molar-refractivity contribution is -0.687. The van der Waals surface area contributed by atoms with Crippen LogP contribution in [0.1, 0.15) is 69.8 Å². The number of carbonyl (C=O) groups excluding carboxylic acids is 4. The molecule has 1 amide bonds. The Bertz CT molecular complexity index is 2280. The zero-order valence-corrected chi connectivity index (χ0v) is 33.3. The minimum Gasteiger partial charge on any atom is -0.504 e. The Morgan fingerprint density at radius 2 is 1.73 bits per heavy atom. The smallest absolute Gasteiger partial charge is 0.353 e. The second-order valence-corrected chi connectivity index (χ2v) is 17.2. The largest absolute Gasteiger partial charge is 0.504 e. The summed E-state index contributed by atoms with van der Waals surface area (Å²) < 4.78 is 7.45. The molecule has 0 unspecified atom stereocenters. The number of Topliss-reactive ketones (excluding diaryl/α,β-unsaturated/α-hetero) is 2. The van der Waals surface area contributed by atoms with Gasteiger partial charge in [0.15, 0.2) is 47.7 Å². The maximum Gasteiger partial charge on any atom is 0.353 e. The first kappa shape index (κ1) is 39.4. The lowest BCUT2D eigenvalue weighted by Crippen LogP contribution is -2.61. The van der Waals surface area contributed by atoms with E-state index in [1.165, 1.54) is 60.9 Å². The van der Waals surface area contributed by atoms with Gasteiger partial charge in [-0.05, 0) is 70.2 Å². The van der Waals surface area contributed by atoms with E-state index in [-0.39, 0.29) is 41.0 Å². The molecule has 1 fully saturated rings. The van der Waals surface area contributed by atoms with Gasteiger partial charge in [0, 0.05) is 41.5 Å². The van der Waals surface area contributed by atoms with Crippen molar-refractivity contribution in [2.45, 2.75) is 78.0 Å². The summed E-state index contributed by atoms with van der Waals surface area (Å²) in [6.45, 7) is 12.0. The Labute approximate surface area is 327 Å². The van der Waals surface area contributed by atoms with E-state index in [0.29, 0.717) is 23.0 Å². The Morgan fingerprint density at radius 3 is 2.36 bits per heavy atom. The van der Waals surface area contributed by atoms with Crippen molar-refractivity contribution >= 4 is 69.1 Å². The molecule has 6 rings (SSSR count). The van der Waals surface area contributed by atoms with Crippen molar-refractivity contribution in [3.8, 4) is 11.5 Å². The van der Waals surface area contributed by atoms with Crippen molar-refractivity contribution in [1.29, 1.82) is 0 Å². The van der Waals surface area contributed by atoms with Gasteiger partial charge in [0.1, 0.15) is 11.3 Å². The standard InChI is InChI=1S/C41H42N4O8S2/c1-23(46)36-28(13-12-25-8-10-26(11-9-25)19-44-15-14-27-16-32(47)33(48)17-29(27)20-44)21-55-38-30(37(50)45(36)38)18-34(49)35(31-22-54-24(2)42-31)43-53-41(6,7)39(51)52-40(3,4)5/h8-17,20,22,30,38,48H,18-19,21H2,1-7H3/p+1/b13-12+,43-35-/t30-,38-/m1/s1. The number of hydrogen-bond donors (Lipinski definition) is 2. The number of aromatic nitrogens is 2. The molecule has 14 heteroatoms. The number of carbonyl (C=O) groups is 4. The molecule has 4 aromatic rings. The van der Waals surface area contributed by atoms with Crippen molar-refractivity contribution in [2.24, 2.45) is 11.1 Å². The highest BCUT2D eigenvalue weighted by Crippen LogP contribution is 2.46. The monoisotopic (exact) mass is 783 g/mol. The van der Waals surface area contributed by atoms with Gasteiger partial charge >= 0.3 is 5.97 Å². The molecule has 4 heterocycles. The van der Waals surface area contributed by atoms with Crippen LogP contribution in [-0.4, -0.2) is 71.6 Å². The number of phenols is 2. The summed E-state index contributed by atoms with van der Waals surface area (Å²) in [4.78, 5) is 64.7. The predicted octanol–water partition coefficient (Wildman–Crippen LogP) is 6.24. The number of rotatable bonds is 12. The number of amides is 1. The van der Waals surface area contributed by atoms with Gasteiger partial charge in [-0.15, -0.1) is 23.1 Å². The third kappa shape index (κ3) is 8.81. The number of ketones is 2. The summed E-state index contributed by atoms with van der Waals surface area (Å²) in [5.41, 5.74) is 0.932. The highest BCUT2D eigenvalue weighted by atomic mass is 32.2. The minimum atomic E-state index is -1.50. The molecule has 0 saturated carbocycles. The fraction of sp³-hybridized carbons (Fsp3) is 0.341. The molecule has 2 aliphatic rings. The number of hydrogen-bond acceptors (Lipinski definition) is 12. The summed E-state index contributed by atoms with van der Waals surface area (Å²) in [7, 11) is 0. The number of thioether (sulfide) groups is 1. The number of oxime groups is 1. The van der Waals surface area contributed by atoms with Crippen LogP contribution in [0, 0.1) is 12.8 Å². The molecule has 0 bridgehead atoms. The number of thiazole rings is 1. The van der Waals surface area contributed by atoms with Crippen LogP contribution in [0.25, 0.3) is 16.8 Å². The summed E-state index contributed by atoms with van der Waals surface area (Å²) >= 11 is 2.82. The van der Waals surface area contributed by atoms with E-state index in [4.69, 9.17) is 9.57 Å². The third-order valence-corrected chi connectivity index (χ3v) is 11.1. The molecule has 55 heavy (non-hydrogen) atoms. The number of pyridine rings is 1. The van der Waals surface area contributed by atoms with Crippen LogP contribution in [0.5, 0.6) is 11.5 Å². The van der Waals surface area contributed by atoms with Gasteiger partial charge in [-0.2, -0.15) is 0 Å². The number of phenolic OH excluding ortho intramolecular Hbond substituents is 2. The number of ether oxygens (including phenoxy) is 1. The number of aryl methyl sites for hydroxylation is 1. The summed E-state index contributed by atoms with van der Waals surface area (Å²) in [6.07, 6.45) is 7.41. The Morgan fingerprint density at radius 1 is 1.04 bits per heavy atom. The topological polar surface area (TPSA) is 160 Å². The quantitative estimate of drug-likeness (QED) is 0.0421. The van der Waals surface area contributed by atoms with E-state index in [0.717, 1.165) is 27.5 Å². The Balaban J connectivity index is 1.14. The molecule has 286 valence electrons. The first-order valence-corrected chi connectivity index (χ1v) is 19.6. The fourth-order valence-corrected chi connectivity index (χ4v) is 8.16. The molecule has 0 aliphatic carbocycles. The number of benzene rings is 2. The van der Waals surface area contributed by atoms with Crippen LogP contribution >= 0.6 is 23.1 Å². The van der Waals surface area contributed by atoms with Crippen molar-refractivity contribution in [1.82, 2.24) is 9.88 Å². The van der Waals surface area contributed by atoms with Crippen LogP contribution in [0.3, 0.4) is 0 Å². The van der Waals surface area contributed by atoms with Gasteiger partial charge in [-0.3, -0.25) is 19.3 Å². The molecule has 12 nitrogen and oxygen atoms in total. The van der Waals surface area contributed by atoms with Crippen molar-refractivity contribution < 1.29 is 43.5 Å². The van der Waals surface area contributed by atoms with Gasteiger partial charge in [0.05, 0.1) is 22.0 Å². The molecule has 1 saturated heterocycles.